The van der Waals surface area contributed by atoms with Crippen LogP contribution in [0.3, 0.4) is 0 Å². The van der Waals surface area contributed by atoms with Crippen molar-refractivity contribution in [3.63, 3.8) is 0 Å². The smallest absolute Gasteiger partial charge is 0.339 e. The molecule has 2 amide bonds. The van der Waals surface area contributed by atoms with Crippen molar-refractivity contribution in [2.45, 2.75) is 18.9 Å². The van der Waals surface area contributed by atoms with Gasteiger partial charge in [0.15, 0.2) is 0 Å². The van der Waals surface area contributed by atoms with Gasteiger partial charge in [-0.1, -0.05) is 12.1 Å². The molecule has 3 rings (SSSR count). The van der Waals surface area contributed by atoms with Gasteiger partial charge in [0.05, 0.1) is 24.5 Å². The van der Waals surface area contributed by atoms with Gasteiger partial charge in [-0.2, -0.15) is 0 Å². The van der Waals surface area contributed by atoms with Gasteiger partial charge in [0.25, 0.3) is 11.8 Å². The molecule has 0 saturated carbocycles. The van der Waals surface area contributed by atoms with Crippen molar-refractivity contribution in [3.8, 4) is 0 Å². The second kappa shape index (κ2) is 9.09. The second-order valence-corrected chi connectivity index (χ2v) is 6.27. The molecule has 1 aliphatic rings. The Balaban J connectivity index is 1.69. The molecule has 1 fully saturated rings. The molecule has 1 unspecified atom stereocenters. The number of hydrogen-bond donors (Lipinski definition) is 2. The number of para-hydroxylation sites is 1. The van der Waals surface area contributed by atoms with Crippen LogP contribution in [0.25, 0.3) is 0 Å². The summed E-state index contributed by atoms with van der Waals surface area (Å²) in [6.07, 6.45) is 3.34. The predicted molar refractivity (Wildman–Crippen MR) is 101 cm³/mol. The number of anilines is 1. The van der Waals surface area contributed by atoms with Gasteiger partial charge >= 0.3 is 5.97 Å². The summed E-state index contributed by atoms with van der Waals surface area (Å²) >= 11 is 0. The molecule has 146 valence electrons. The molecule has 0 aliphatic carbocycles. The Kier molecular flexibility index (Phi) is 6.33. The van der Waals surface area contributed by atoms with Crippen LogP contribution in [0.1, 0.15) is 44.0 Å². The molecule has 8 heteroatoms. The predicted octanol–water partition coefficient (Wildman–Crippen LogP) is 2.03. The molecule has 0 bridgehead atoms. The molecule has 28 heavy (non-hydrogen) atoms. The zero-order valence-corrected chi connectivity index (χ0v) is 15.4. The van der Waals surface area contributed by atoms with Gasteiger partial charge < -0.3 is 20.1 Å². The van der Waals surface area contributed by atoms with E-state index in [1.807, 2.05) is 0 Å². The Morgan fingerprint density at radius 2 is 2.04 bits per heavy atom. The highest BCUT2D eigenvalue weighted by Gasteiger charge is 2.18. The molecule has 1 atom stereocenters. The van der Waals surface area contributed by atoms with Gasteiger partial charge in [0, 0.05) is 24.9 Å². The molecular formula is C20H21N3O5. The minimum atomic E-state index is -0.564. The third-order valence-corrected chi connectivity index (χ3v) is 4.35. The number of amides is 2. The first kappa shape index (κ1) is 19.5. The lowest BCUT2D eigenvalue weighted by atomic mass is 10.1. The highest BCUT2D eigenvalue weighted by atomic mass is 16.5. The van der Waals surface area contributed by atoms with Crippen molar-refractivity contribution in [2.75, 3.05) is 25.6 Å². The number of pyridine rings is 1. The lowest BCUT2D eigenvalue weighted by Gasteiger charge is -2.12. The van der Waals surface area contributed by atoms with E-state index in [1.54, 1.807) is 24.3 Å². The Hall–Kier alpha value is -3.26. The Morgan fingerprint density at radius 3 is 2.79 bits per heavy atom. The van der Waals surface area contributed by atoms with E-state index in [0.29, 0.717) is 24.4 Å². The SMILES string of the molecule is COC(=O)c1ccccc1NC(=O)c1cc(C(=O)NCC2CCCO2)ccn1. The van der Waals surface area contributed by atoms with Crippen LogP contribution in [-0.4, -0.2) is 49.1 Å². The number of benzene rings is 1. The lowest BCUT2D eigenvalue weighted by molar-refractivity contribution is 0.0601. The molecule has 1 aromatic carbocycles. The fraction of sp³-hybridized carbons (Fsp3) is 0.300. The average Bonchev–Trinajstić information content (AvgIpc) is 3.25. The van der Waals surface area contributed by atoms with Crippen molar-refractivity contribution in [1.29, 1.82) is 0 Å². The summed E-state index contributed by atoms with van der Waals surface area (Å²) in [7, 11) is 1.27. The quantitative estimate of drug-likeness (QED) is 0.739. The molecule has 0 spiro atoms. The highest BCUT2D eigenvalue weighted by molar-refractivity contribution is 6.08. The summed E-state index contributed by atoms with van der Waals surface area (Å²) in [6, 6.07) is 9.42. The molecule has 2 aromatic rings. The molecule has 1 saturated heterocycles. The number of carbonyl (C=O) groups is 3. The molecular weight excluding hydrogens is 362 g/mol. The van der Waals surface area contributed by atoms with Crippen molar-refractivity contribution >= 4 is 23.5 Å². The Labute approximate surface area is 162 Å². The van der Waals surface area contributed by atoms with Crippen LogP contribution in [0.5, 0.6) is 0 Å². The van der Waals surface area contributed by atoms with E-state index in [2.05, 4.69) is 15.6 Å². The number of methoxy groups -OCH3 is 1. The third kappa shape index (κ3) is 4.72. The van der Waals surface area contributed by atoms with E-state index in [9.17, 15) is 14.4 Å². The number of hydrogen-bond acceptors (Lipinski definition) is 6. The van der Waals surface area contributed by atoms with Crippen molar-refractivity contribution in [1.82, 2.24) is 10.3 Å². The topological polar surface area (TPSA) is 107 Å². The third-order valence-electron chi connectivity index (χ3n) is 4.35. The molecule has 8 nitrogen and oxygen atoms in total. The van der Waals surface area contributed by atoms with E-state index in [4.69, 9.17) is 9.47 Å². The molecule has 2 heterocycles. The number of aromatic nitrogens is 1. The summed E-state index contributed by atoms with van der Waals surface area (Å²) < 4.78 is 10.2. The van der Waals surface area contributed by atoms with Crippen molar-refractivity contribution in [3.05, 3.63) is 59.4 Å². The van der Waals surface area contributed by atoms with Crippen molar-refractivity contribution in [2.24, 2.45) is 0 Å². The van der Waals surface area contributed by atoms with E-state index in [0.717, 1.165) is 12.8 Å². The zero-order chi connectivity index (χ0) is 19.9. The van der Waals surface area contributed by atoms with Crippen LogP contribution in [-0.2, 0) is 9.47 Å². The normalized spacial score (nSPS) is 15.7. The first-order valence-corrected chi connectivity index (χ1v) is 8.93. The van der Waals surface area contributed by atoms with Crippen LogP contribution in [0.4, 0.5) is 5.69 Å². The maximum absolute atomic E-state index is 12.5. The Morgan fingerprint density at radius 1 is 1.21 bits per heavy atom. The van der Waals surface area contributed by atoms with Crippen LogP contribution in [0.2, 0.25) is 0 Å². The molecule has 1 aromatic heterocycles. The van der Waals surface area contributed by atoms with Gasteiger partial charge in [-0.15, -0.1) is 0 Å². The number of nitrogens with one attached hydrogen (secondary N) is 2. The number of carbonyl (C=O) groups excluding carboxylic acids is 3. The van der Waals surface area contributed by atoms with Crippen LogP contribution >= 0.6 is 0 Å². The monoisotopic (exact) mass is 383 g/mol. The minimum Gasteiger partial charge on any atom is -0.465 e. The molecule has 0 radical (unpaired) electrons. The van der Waals surface area contributed by atoms with Crippen LogP contribution in [0.15, 0.2) is 42.6 Å². The fourth-order valence-electron chi connectivity index (χ4n) is 2.88. The van der Waals surface area contributed by atoms with E-state index < -0.39 is 11.9 Å². The fourth-order valence-corrected chi connectivity index (χ4v) is 2.88. The number of rotatable bonds is 6. The summed E-state index contributed by atoms with van der Waals surface area (Å²) in [4.78, 5) is 40.7. The van der Waals surface area contributed by atoms with Gasteiger partial charge in [0.2, 0.25) is 0 Å². The first-order valence-electron chi connectivity index (χ1n) is 8.93. The van der Waals surface area contributed by atoms with Crippen molar-refractivity contribution < 1.29 is 23.9 Å². The number of esters is 1. The number of ether oxygens (including phenoxy) is 2. The first-order chi connectivity index (χ1) is 13.6. The summed E-state index contributed by atoms with van der Waals surface area (Å²) in [6.45, 7) is 1.14. The number of nitrogens with zero attached hydrogens (tertiary/aromatic N) is 1. The van der Waals surface area contributed by atoms with Gasteiger partial charge in [-0.25, -0.2) is 4.79 Å². The van der Waals surface area contributed by atoms with Crippen LogP contribution < -0.4 is 10.6 Å². The minimum absolute atomic E-state index is 0.0309. The summed E-state index contributed by atoms with van der Waals surface area (Å²) in [5.74, 6) is -1.40. The summed E-state index contributed by atoms with van der Waals surface area (Å²) in [5, 5.41) is 5.43. The standard InChI is InChI=1S/C20H21N3O5/c1-27-20(26)15-6-2-3-7-16(15)23-19(25)17-11-13(8-9-21-17)18(24)22-12-14-5-4-10-28-14/h2-3,6-9,11,14H,4-5,10,12H2,1H3,(H,22,24)(H,23,25). The maximum atomic E-state index is 12.5. The van der Waals surface area contributed by atoms with E-state index >= 15 is 0 Å². The lowest BCUT2D eigenvalue weighted by Crippen LogP contribution is -2.32. The van der Waals surface area contributed by atoms with Crippen LogP contribution in [0, 0.1) is 0 Å². The maximum Gasteiger partial charge on any atom is 0.339 e. The zero-order valence-electron chi connectivity index (χ0n) is 15.4. The summed E-state index contributed by atoms with van der Waals surface area (Å²) in [5.41, 5.74) is 0.905. The van der Waals surface area contributed by atoms with Gasteiger partial charge in [0.1, 0.15) is 5.69 Å². The Bertz CT molecular complexity index is 878. The second-order valence-electron chi connectivity index (χ2n) is 6.27. The van der Waals surface area contributed by atoms with Gasteiger partial charge in [-0.05, 0) is 37.1 Å². The van der Waals surface area contributed by atoms with E-state index in [-0.39, 0.29) is 23.3 Å². The molecule has 2 N–H and O–H groups in total. The highest BCUT2D eigenvalue weighted by Crippen LogP contribution is 2.17. The largest absolute Gasteiger partial charge is 0.465 e. The molecule has 1 aliphatic heterocycles. The van der Waals surface area contributed by atoms with E-state index in [1.165, 1.54) is 25.4 Å². The average molecular weight is 383 g/mol. The van der Waals surface area contributed by atoms with Gasteiger partial charge in [-0.3, -0.25) is 14.6 Å².